The second-order valence-corrected chi connectivity index (χ2v) is 4.75. The van der Waals surface area contributed by atoms with Crippen LogP contribution < -0.4 is 5.73 Å². The average Bonchev–Trinajstić information content (AvgIpc) is 2.85. The lowest BCUT2D eigenvalue weighted by molar-refractivity contribution is 0.626. The highest BCUT2D eigenvalue weighted by Gasteiger charge is 2.10. The van der Waals surface area contributed by atoms with Crippen LogP contribution in [0.4, 0.5) is 10.1 Å². The quantitative estimate of drug-likeness (QED) is 0.776. The summed E-state index contributed by atoms with van der Waals surface area (Å²) in [5.74, 6) is -0.487. The second-order valence-electron chi connectivity index (χ2n) is 4.34. The lowest BCUT2D eigenvalue weighted by Gasteiger charge is -2.02. The Balaban J connectivity index is 2.06. The molecule has 1 heterocycles. The van der Waals surface area contributed by atoms with Crippen molar-refractivity contribution in [3.05, 3.63) is 65.6 Å². The molecule has 0 spiro atoms. The summed E-state index contributed by atoms with van der Waals surface area (Å²) in [5, 5.41) is 4.48. The molecule has 0 saturated carbocycles. The number of halogens is 2. The molecule has 3 aromatic rings. The zero-order valence-electron chi connectivity index (χ0n) is 10.4. The van der Waals surface area contributed by atoms with Crippen molar-refractivity contribution in [3.8, 4) is 16.9 Å². The normalized spacial score (nSPS) is 10.7. The summed E-state index contributed by atoms with van der Waals surface area (Å²) in [7, 11) is 0. The molecule has 2 N–H and O–H groups in total. The predicted octanol–water partition coefficient (Wildman–Crippen LogP) is 3.91. The maximum atomic E-state index is 13.5. The minimum atomic E-state index is -0.487. The minimum absolute atomic E-state index is 0.0807. The van der Waals surface area contributed by atoms with Gasteiger partial charge in [0.15, 0.2) is 0 Å². The lowest BCUT2D eigenvalue weighted by atomic mass is 10.1. The van der Waals surface area contributed by atoms with E-state index in [0.717, 1.165) is 5.56 Å². The van der Waals surface area contributed by atoms with Crippen LogP contribution in [0, 0.1) is 5.82 Å². The maximum Gasteiger partial charge on any atom is 0.143 e. The van der Waals surface area contributed by atoms with Gasteiger partial charge in [0, 0.05) is 11.6 Å². The van der Waals surface area contributed by atoms with Gasteiger partial charge in [0.25, 0.3) is 0 Å². The molecular formula is C15H11ClFN3. The molecule has 3 rings (SSSR count). The molecule has 0 amide bonds. The van der Waals surface area contributed by atoms with E-state index in [1.165, 1.54) is 16.8 Å². The van der Waals surface area contributed by atoms with E-state index in [0.29, 0.717) is 17.1 Å². The number of nitrogens with two attached hydrogens (primary N) is 1. The Labute approximate surface area is 120 Å². The lowest BCUT2D eigenvalue weighted by Crippen LogP contribution is -1.95. The van der Waals surface area contributed by atoms with Crippen LogP contribution in [0.3, 0.4) is 0 Å². The van der Waals surface area contributed by atoms with E-state index >= 15 is 0 Å². The summed E-state index contributed by atoms with van der Waals surface area (Å²) >= 11 is 5.67. The standard InChI is InChI=1S/C15H11ClFN3/c16-12-7-6-11(8-13(12)17)20-9-14(18)15(19-20)10-4-2-1-3-5-10/h1-9H,18H2. The van der Waals surface area contributed by atoms with Crippen molar-refractivity contribution in [1.82, 2.24) is 9.78 Å². The first-order valence-corrected chi connectivity index (χ1v) is 6.39. The van der Waals surface area contributed by atoms with Gasteiger partial charge >= 0.3 is 0 Å². The van der Waals surface area contributed by atoms with Gasteiger partial charge in [-0.25, -0.2) is 9.07 Å². The van der Waals surface area contributed by atoms with E-state index in [1.54, 1.807) is 12.3 Å². The highest BCUT2D eigenvalue weighted by Crippen LogP contribution is 2.26. The van der Waals surface area contributed by atoms with Crippen molar-refractivity contribution in [2.24, 2.45) is 0 Å². The largest absolute Gasteiger partial charge is 0.396 e. The summed E-state index contributed by atoms with van der Waals surface area (Å²) in [6.45, 7) is 0. The summed E-state index contributed by atoms with van der Waals surface area (Å²) in [5.41, 5.74) is 8.66. The Bertz CT molecular complexity index is 753. The van der Waals surface area contributed by atoms with Gasteiger partial charge in [-0.2, -0.15) is 5.10 Å². The fourth-order valence-corrected chi connectivity index (χ4v) is 2.09. The number of hydrogen-bond acceptors (Lipinski definition) is 2. The Kier molecular flexibility index (Phi) is 3.16. The van der Waals surface area contributed by atoms with Crippen molar-refractivity contribution in [2.45, 2.75) is 0 Å². The van der Waals surface area contributed by atoms with Gasteiger partial charge in [0.1, 0.15) is 11.5 Å². The molecule has 0 aliphatic carbocycles. The van der Waals surface area contributed by atoms with Crippen LogP contribution in [0.1, 0.15) is 0 Å². The third-order valence-electron chi connectivity index (χ3n) is 2.96. The first kappa shape index (κ1) is 12.7. The summed E-state index contributed by atoms with van der Waals surface area (Å²) in [4.78, 5) is 0. The molecule has 0 atom stereocenters. The van der Waals surface area contributed by atoms with Crippen molar-refractivity contribution in [3.63, 3.8) is 0 Å². The van der Waals surface area contributed by atoms with Crippen molar-refractivity contribution in [2.75, 3.05) is 5.73 Å². The van der Waals surface area contributed by atoms with Gasteiger partial charge in [0.05, 0.1) is 22.6 Å². The fraction of sp³-hybridized carbons (Fsp3) is 0. The van der Waals surface area contributed by atoms with Gasteiger partial charge in [0.2, 0.25) is 0 Å². The predicted molar refractivity (Wildman–Crippen MR) is 78.4 cm³/mol. The SMILES string of the molecule is Nc1cn(-c2ccc(Cl)c(F)c2)nc1-c1ccccc1. The molecular weight excluding hydrogens is 277 g/mol. The molecule has 0 bridgehead atoms. The Morgan fingerprint density at radius 3 is 2.55 bits per heavy atom. The van der Waals surface area contributed by atoms with Gasteiger partial charge in [-0.15, -0.1) is 0 Å². The van der Waals surface area contributed by atoms with Crippen LogP contribution in [0.2, 0.25) is 5.02 Å². The first-order chi connectivity index (χ1) is 9.65. The van der Waals surface area contributed by atoms with Crippen molar-refractivity contribution >= 4 is 17.3 Å². The third-order valence-corrected chi connectivity index (χ3v) is 3.26. The Morgan fingerprint density at radius 2 is 1.85 bits per heavy atom. The van der Waals surface area contributed by atoms with Crippen LogP contribution in [-0.4, -0.2) is 9.78 Å². The molecule has 0 saturated heterocycles. The molecule has 0 unspecified atom stereocenters. The van der Waals surface area contributed by atoms with E-state index in [2.05, 4.69) is 5.10 Å². The fourth-order valence-electron chi connectivity index (χ4n) is 1.97. The number of hydrogen-bond donors (Lipinski definition) is 1. The van der Waals surface area contributed by atoms with Crippen molar-refractivity contribution < 1.29 is 4.39 Å². The van der Waals surface area contributed by atoms with Gasteiger partial charge in [-0.3, -0.25) is 0 Å². The molecule has 0 aliphatic rings. The molecule has 0 radical (unpaired) electrons. The second kappa shape index (κ2) is 4.98. The number of nitrogens with zero attached hydrogens (tertiary/aromatic N) is 2. The van der Waals surface area contributed by atoms with E-state index in [-0.39, 0.29) is 5.02 Å². The van der Waals surface area contributed by atoms with E-state index in [1.807, 2.05) is 30.3 Å². The zero-order chi connectivity index (χ0) is 14.1. The maximum absolute atomic E-state index is 13.5. The number of nitrogen functional groups attached to an aromatic ring is 1. The van der Waals surface area contributed by atoms with Gasteiger partial charge in [-0.05, 0) is 12.1 Å². The first-order valence-electron chi connectivity index (χ1n) is 6.01. The summed E-state index contributed by atoms with van der Waals surface area (Å²) < 4.78 is 15.0. The van der Waals surface area contributed by atoms with Crippen LogP contribution >= 0.6 is 11.6 Å². The molecule has 0 aliphatic heterocycles. The third kappa shape index (κ3) is 2.26. The van der Waals surface area contributed by atoms with Gasteiger partial charge in [-0.1, -0.05) is 41.9 Å². The highest BCUT2D eigenvalue weighted by molar-refractivity contribution is 6.30. The average molecular weight is 288 g/mol. The number of rotatable bonds is 2. The van der Waals surface area contributed by atoms with Crippen LogP contribution in [0.5, 0.6) is 0 Å². The van der Waals surface area contributed by atoms with E-state index < -0.39 is 5.82 Å². The van der Waals surface area contributed by atoms with E-state index in [9.17, 15) is 4.39 Å². The highest BCUT2D eigenvalue weighted by atomic mass is 35.5. The van der Waals surface area contributed by atoms with E-state index in [4.69, 9.17) is 17.3 Å². The molecule has 100 valence electrons. The molecule has 2 aromatic carbocycles. The molecule has 1 aromatic heterocycles. The minimum Gasteiger partial charge on any atom is -0.396 e. The molecule has 3 nitrogen and oxygen atoms in total. The Morgan fingerprint density at radius 1 is 1.10 bits per heavy atom. The molecule has 5 heteroatoms. The summed E-state index contributed by atoms with van der Waals surface area (Å²) in [6.07, 6.45) is 1.66. The monoisotopic (exact) mass is 287 g/mol. The summed E-state index contributed by atoms with van der Waals surface area (Å²) in [6, 6.07) is 14.1. The molecule has 0 fully saturated rings. The van der Waals surface area contributed by atoms with Crippen LogP contribution in [0.15, 0.2) is 54.7 Å². The Hall–Kier alpha value is -2.33. The smallest absolute Gasteiger partial charge is 0.143 e. The number of aromatic nitrogens is 2. The number of benzene rings is 2. The zero-order valence-corrected chi connectivity index (χ0v) is 11.2. The topological polar surface area (TPSA) is 43.8 Å². The number of anilines is 1. The van der Waals surface area contributed by atoms with Gasteiger partial charge < -0.3 is 5.73 Å². The van der Waals surface area contributed by atoms with Crippen LogP contribution in [-0.2, 0) is 0 Å². The molecule has 20 heavy (non-hydrogen) atoms. The van der Waals surface area contributed by atoms with Crippen molar-refractivity contribution in [1.29, 1.82) is 0 Å². The van der Waals surface area contributed by atoms with Crippen LogP contribution in [0.25, 0.3) is 16.9 Å².